The summed E-state index contributed by atoms with van der Waals surface area (Å²) in [7, 11) is 0. The van der Waals surface area contributed by atoms with Crippen LogP contribution in [0.1, 0.15) is 18.9 Å². The lowest BCUT2D eigenvalue weighted by Crippen LogP contribution is -2.45. The van der Waals surface area contributed by atoms with Gasteiger partial charge in [0.25, 0.3) is 0 Å². The average molecular weight is 326 g/mol. The third-order valence-electron chi connectivity index (χ3n) is 3.08. The van der Waals surface area contributed by atoms with Gasteiger partial charge in [-0.3, -0.25) is 4.90 Å². The van der Waals surface area contributed by atoms with Crippen molar-refractivity contribution in [2.45, 2.75) is 25.9 Å². The molecule has 1 fully saturated rings. The van der Waals surface area contributed by atoms with Gasteiger partial charge in [-0.15, -0.1) is 23.7 Å². The zero-order valence-corrected chi connectivity index (χ0v) is 12.6. The van der Waals surface area contributed by atoms with Crippen molar-refractivity contribution >= 4 is 39.7 Å². The smallest absolute Gasteiger partial charge is 0.0701 e. The minimum absolute atomic E-state index is 0. The Bertz CT molecular complexity index is 332. The number of rotatable bonds is 2. The second-order valence-electron chi connectivity index (χ2n) is 4.42. The van der Waals surface area contributed by atoms with Crippen molar-refractivity contribution in [1.82, 2.24) is 4.90 Å². The van der Waals surface area contributed by atoms with Gasteiger partial charge in [-0.2, -0.15) is 0 Å². The molecule has 1 saturated heterocycles. The molecule has 16 heavy (non-hydrogen) atoms. The normalized spacial score (nSPS) is 26.4. The van der Waals surface area contributed by atoms with Gasteiger partial charge in [-0.25, -0.2) is 0 Å². The van der Waals surface area contributed by atoms with Gasteiger partial charge in [0.15, 0.2) is 0 Å². The quantitative estimate of drug-likeness (QED) is 0.905. The summed E-state index contributed by atoms with van der Waals surface area (Å²) in [4.78, 5) is 2.50. The molecular formula is C11H18BrClN2S. The monoisotopic (exact) mass is 324 g/mol. The fourth-order valence-electron chi connectivity index (χ4n) is 2.08. The molecule has 0 radical (unpaired) electrons. The molecule has 5 heteroatoms. The molecule has 2 rings (SSSR count). The van der Waals surface area contributed by atoms with Gasteiger partial charge in [0.05, 0.1) is 3.79 Å². The van der Waals surface area contributed by atoms with Crippen molar-refractivity contribution < 1.29 is 0 Å². The fraction of sp³-hybridized carbons (Fsp3) is 0.636. The van der Waals surface area contributed by atoms with Gasteiger partial charge in [0.1, 0.15) is 0 Å². The summed E-state index contributed by atoms with van der Waals surface area (Å²) in [5.74, 6) is 0.626. The molecule has 0 aliphatic carbocycles. The zero-order chi connectivity index (χ0) is 10.8. The van der Waals surface area contributed by atoms with E-state index in [1.165, 1.54) is 9.35 Å². The Hall–Kier alpha value is 0.390. The Labute approximate surface area is 116 Å². The van der Waals surface area contributed by atoms with Crippen LogP contribution in [-0.4, -0.2) is 24.0 Å². The summed E-state index contributed by atoms with van der Waals surface area (Å²) in [5.41, 5.74) is 7.42. The van der Waals surface area contributed by atoms with Crippen LogP contribution in [0.25, 0.3) is 0 Å². The first-order valence-electron chi connectivity index (χ1n) is 5.36. The molecule has 2 heterocycles. The van der Waals surface area contributed by atoms with E-state index in [9.17, 15) is 0 Å². The molecule has 0 aromatic carbocycles. The van der Waals surface area contributed by atoms with E-state index in [0.717, 1.165) is 26.1 Å². The second-order valence-corrected chi connectivity index (χ2v) is 6.71. The van der Waals surface area contributed by atoms with Crippen LogP contribution in [0.3, 0.4) is 0 Å². The zero-order valence-electron chi connectivity index (χ0n) is 9.36. The Morgan fingerprint density at radius 1 is 1.62 bits per heavy atom. The van der Waals surface area contributed by atoms with E-state index in [0.29, 0.717) is 12.0 Å². The van der Waals surface area contributed by atoms with Crippen LogP contribution in [0.5, 0.6) is 0 Å². The third kappa shape index (κ3) is 3.70. The van der Waals surface area contributed by atoms with Crippen molar-refractivity contribution in [2.24, 2.45) is 11.7 Å². The van der Waals surface area contributed by atoms with Gasteiger partial charge in [0, 0.05) is 19.1 Å². The molecule has 2 atom stereocenters. The number of halogens is 2. The van der Waals surface area contributed by atoms with Gasteiger partial charge in [-0.1, -0.05) is 6.92 Å². The van der Waals surface area contributed by atoms with Crippen molar-refractivity contribution in [3.8, 4) is 0 Å². The highest BCUT2D eigenvalue weighted by Crippen LogP contribution is 2.23. The number of nitrogens with two attached hydrogens (primary N) is 1. The molecule has 1 aliphatic rings. The highest BCUT2D eigenvalue weighted by Gasteiger charge is 2.22. The van der Waals surface area contributed by atoms with E-state index >= 15 is 0 Å². The SMILES string of the molecule is CC1CN(Cc2csc(Br)c2)CCC1N.Cl. The summed E-state index contributed by atoms with van der Waals surface area (Å²) in [6.45, 7) is 5.59. The minimum Gasteiger partial charge on any atom is -0.327 e. The summed E-state index contributed by atoms with van der Waals surface area (Å²) in [6.07, 6.45) is 1.13. The lowest BCUT2D eigenvalue weighted by Gasteiger charge is -2.34. The molecule has 92 valence electrons. The molecule has 2 nitrogen and oxygen atoms in total. The van der Waals surface area contributed by atoms with E-state index in [4.69, 9.17) is 5.73 Å². The maximum absolute atomic E-state index is 6.01. The van der Waals surface area contributed by atoms with Crippen LogP contribution in [0, 0.1) is 5.92 Å². The number of likely N-dealkylation sites (tertiary alicyclic amines) is 1. The van der Waals surface area contributed by atoms with Gasteiger partial charge >= 0.3 is 0 Å². The van der Waals surface area contributed by atoms with Gasteiger partial charge < -0.3 is 5.73 Å². The maximum atomic E-state index is 6.01. The number of thiophene rings is 1. The predicted molar refractivity (Wildman–Crippen MR) is 76.3 cm³/mol. The van der Waals surface area contributed by atoms with Crippen molar-refractivity contribution in [2.75, 3.05) is 13.1 Å². The van der Waals surface area contributed by atoms with Crippen molar-refractivity contribution in [3.63, 3.8) is 0 Å². The Morgan fingerprint density at radius 3 is 2.94 bits per heavy atom. The lowest BCUT2D eigenvalue weighted by atomic mass is 9.95. The summed E-state index contributed by atoms with van der Waals surface area (Å²) >= 11 is 5.26. The standard InChI is InChI=1S/C11H17BrN2S.ClH/c1-8-5-14(3-2-10(8)13)6-9-4-11(12)15-7-9;/h4,7-8,10H,2-3,5-6,13H2,1H3;1H. The molecule has 2 N–H and O–H groups in total. The third-order valence-corrected chi connectivity index (χ3v) is 4.64. The molecule has 0 saturated carbocycles. The van der Waals surface area contributed by atoms with E-state index in [2.05, 4.69) is 39.2 Å². The average Bonchev–Trinajstić information content (AvgIpc) is 2.58. The van der Waals surface area contributed by atoms with Crippen LogP contribution in [0.4, 0.5) is 0 Å². The second kappa shape index (κ2) is 6.36. The summed E-state index contributed by atoms with van der Waals surface area (Å²) < 4.78 is 1.22. The van der Waals surface area contributed by atoms with Crippen LogP contribution in [0.2, 0.25) is 0 Å². The largest absolute Gasteiger partial charge is 0.327 e. The molecule has 1 aromatic heterocycles. The molecule has 1 aliphatic heterocycles. The summed E-state index contributed by atoms with van der Waals surface area (Å²) in [5, 5.41) is 2.23. The summed E-state index contributed by atoms with van der Waals surface area (Å²) in [6, 6.07) is 2.61. The highest BCUT2D eigenvalue weighted by molar-refractivity contribution is 9.11. The van der Waals surface area contributed by atoms with Crippen molar-refractivity contribution in [1.29, 1.82) is 0 Å². The van der Waals surface area contributed by atoms with E-state index in [1.54, 1.807) is 11.3 Å². The Morgan fingerprint density at radius 2 is 2.38 bits per heavy atom. The van der Waals surface area contributed by atoms with Gasteiger partial charge in [-0.05, 0) is 51.8 Å². The molecular weight excluding hydrogens is 308 g/mol. The molecule has 0 bridgehead atoms. The molecule has 1 aromatic rings. The minimum atomic E-state index is 0. The maximum Gasteiger partial charge on any atom is 0.0701 e. The van der Waals surface area contributed by atoms with E-state index < -0.39 is 0 Å². The Kier molecular flexibility index (Phi) is 5.74. The number of hydrogen-bond acceptors (Lipinski definition) is 3. The number of nitrogens with zero attached hydrogens (tertiary/aromatic N) is 1. The van der Waals surface area contributed by atoms with E-state index in [-0.39, 0.29) is 12.4 Å². The lowest BCUT2D eigenvalue weighted by molar-refractivity contribution is 0.158. The van der Waals surface area contributed by atoms with E-state index in [1.807, 2.05) is 0 Å². The fourth-order valence-corrected chi connectivity index (χ4v) is 3.28. The molecule has 2 unspecified atom stereocenters. The van der Waals surface area contributed by atoms with Crippen LogP contribution in [-0.2, 0) is 6.54 Å². The highest BCUT2D eigenvalue weighted by atomic mass is 79.9. The Balaban J connectivity index is 0.00000128. The first-order valence-corrected chi connectivity index (χ1v) is 7.03. The van der Waals surface area contributed by atoms with Crippen LogP contribution >= 0.6 is 39.7 Å². The molecule has 0 amide bonds. The number of piperidine rings is 1. The topological polar surface area (TPSA) is 29.3 Å². The van der Waals surface area contributed by atoms with Gasteiger partial charge in [0.2, 0.25) is 0 Å². The predicted octanol–water partition coefficient (Wildman–Crippen LogP) is 3.10. The number of hydrogen-bond donors (Lipinski definition) is 1. The molecule has 0 spiro atoms. The first-order chi connectivity index (χ1) is 7.15. The first kappa shape index (κ1) is 14.5. The van der Waals surface area contributed by atoms with Crippen molar-refractivity contribution in [3.05, 3.63) is 20.8 Å². The van der Waals surface area contributed by atoms with Crippen LogP contribution < -0.4 is 5.73 Å². The van der Waals surface area contributed by atoms with Crippen LogP contribution in [0.15, 0.2) is 15.2 Å².